The smallest absolute Gasteiger partial charge is 0.310 e. The lowest BCUT2D eigenvalue weighted by Crippen LogP contribution is -2.37. The van der Waals surface area contributed by atoms with Gasteiger partial charge in [0, 0.05) is 6.20 Å². The molecule has 1 aromatic rings. The second-order valence-electron chi connectivity index (χ2n) is 4.53. The lowest BCUT2D eigenvalue weighted by molar-refractivity contribution is -0.145. The van der Waals surface area contributed by atoms with Crippen LogP contribution in [0.4, 0.5) is 0 Å². The van der Waals surface area contributed by atoms with Crippen molar-refractivity contribution >= 4 is 5.97 Å². The van der Waals surface area contributed by atoms with Gasteiger partial charge in [0.1, 0.15) is 12.4 Å². The minimum atomic E-state index is -0.772. The van der Waals surface area contributed by atoms with Crippen LogP contribution in [0.25, 0.3) is 0 Å². The molecule has 2 heterocycles. The molecule has 1 atom stereocenters. The number of ether oxygens (including phenoxy) is 1. The van der Waals surface area contributed by atoms with Gasteiger partial charge in [-0.1, -0.05) is 0 Å². The lowest BCUT2D eigenvalue weighted by atomic mass is 9.85. The summed E-state index contributed by atoms with van der Waals surface area (Å²) in [5.41, 5.74) is 0. The van der Waals surface area contributed by atoms with Gasteiger partial charge in [-0.05, 0) is 44.0 Å². The Labute approximate surface area is 106 Å². The monoisotopic (exact) mass is 250 g/mol. The normalized spacial score (nSPS) is 18.2. The number of hydrogen-bond donors (Lipinski definition) is 2. The van der Waals surface area contributed by atoms with Crippen LogP contribution in [0.2, 0.25) is 0 Å². The standard InChI is InChI=1S/C13H18N2O3/c16-13(17)12(10-3-6-14-7-4-10)9-18-11-2-1-5-15-8-11/h1-2,5,8,10,12,14H,3-4,6-7,9H2,(H,16,17). The Morgan fingerprint density at radius 2 is 2.33 bits per heavy atom. The SMILES string of the molecule is O=C(O)C(COc1cccnc1)C1CCNCC1. The molecule has 1 fully saturated rings. The van der Waals surface area contributed by atoms with Crippen LogP contribution in [-0.4, -0.2) is 35.8 Å². The number of piperidine rings is 1. The van der Waals surface area contributed by atoms with Gasteiger partial charge in [-0.15, -0.1) is 0 Å². The minimum absolute atomic E-state index is 0.195. The summed E-state index contributed by atoms with van der Waals surface area (Å²) in [7, 11) is 0. The molecule has 0 aromatic carbocycles. The summed E-state index contributed by atoms with van der Waals surface area (Å²) in [6.45, 7) is 1.99. The first-order valence-corrected chi connectivity index (χ1v) is 6.23. The van der Waals surface area contributed by atoms with Gasteiger partial charge in [0.15, 0.2) is 0 Å². The number of carboxylic acid groups (broad SMARTS) is 1. The van der Waals surface area contributed by atoms with Gasteiger partial charge in [0.2, 0.25) is 0 Å². The third-order valence-corrected chi connectivity index (χ3v) is 3.33. The van der Waals surface area contributed by atoms with Gasteiger partial charge in [0.05, 0.1) is 12.1 Å². The molecule has 0 bridgehead atoms. The van der Waals surface area contributed by atoms with Crippen LogP contribution in [0.5, 0.6) is 5.75 Å². The zero-order valence-electron chi connectivity index (χ0n) is 10.2. The molecule has 1 saturated heterocycles. The Balaban J connectivity index is 1.92. The second-order valence-corrected chi connectivity index (χ2v) is 4.53. The number of nitrogens with one attached hydrogen (secondary N) is 1. The average Bonchev–Trinajstić information content (AvgIpc) is 2.41. The van der Waals surface area contributed by atoms with Crippen molar-refractivity contribution in [2.24, 2.45) is 11.8 Å². The highest BCUT2D eigenvalue weighted by molar-refractivity contribution is 5.70. The van der Waals surface area contributed by atoms with E-state index in [-0.39, 0.29) is 12.5 Å². The predicted octanol–water partition coefficient (Wildman–Crippen LogP) is 1.16. The molecule has 1 aromatic heterocycles. The Morgan fingerprint density at radius 1 is 1.56 bits per heavy atom. The molecule has 1 aliphatic rings. The second kappa shape index (κ2) is 6.35. The first-order valence-electron chi connectivity index (χ1n) is 6.23. The molecule has 98 valence electrons. The predicted molar refractivity (Wildman–Crippen MR) is 66.5 cm³/mol. The number of aliphatic carboxylic acids is 1. The first kappa shape index (κ1) is 12.8. The van der Waals surface area contributed by atoms with E-state index in [1.165, 1.54) is 0 Å². The fourth-order valence-corrected chi connectivity index (χ4v) is 2.27. The molecule has 5 heteroatoms. The van der Waals surface area contributed by atoms with E-state index >= 15 is 0 Å². The number of hydrogen-bond acceptors (Lipinski definition) is 4. The summed E-state index contributed by atoms with van der Waals surface area (Å²) in [4.78, 5) is 15.2. The van der Waals surface area contributed by atoms with E-state index in [0.29, 0.717) is 5.75 Å². The van der Waals surface area contributed by atoms with E-state index in [4.69, 9.17) is 4.74 Å². The van der Waals surface area contributed by atoms with E-state index < -0.39 is 11.9 Å². The minimum Gasteiger partial charge on any atom is -0.491 e. The van der Waals surface area contributed by atoms with Crippen LogP contribution in [0, 0.1) is 11.8 Å². The van der Waals surface area contributed by atoms with Crippen molar-refractivity contribution in [2.45, 2.75) is 12.8 Å². The molecule has 0 amide bonds. The molecule has 2 rings (SSSR count). The Kier molecular flexibility index (Phi) is 4.52. The number of nitrogens with zero attached hydrogens (tertiary/aromatic N) is 1. The van der Waals surface area contributed by atoms with E-state index in [1.807, 2.05) is 0 Å². The quantitative estimate of drug-likeness (QED) is 0.820. The number of pyridine rings is 1. The Morgan fingerprint density at radius 3 is 2.94 bits per heavy atom. The molecule has 0 radical (unpaired) electrons. The average molecular weight is 250 g/mol. The zero-order chi connectivity index (χ0) is 12.8. The molecule has 0 saturated carbocycles. The van der Waals surface area contributed by atoms with Crippen molar-refractivity contribution in [1.82, 2.24) is 10.3 Å². The van der Waals surface area contributed by atoms with Crippen LogP contribution >= 0.6 is 0 Å². The molecule has 1 aliphatic heterocycles. The first-order chi connectivity index (χ1) is 8.77. The van der Waals surface area contributed by atoms with Gasteiger partial charge >= 0.3 is 5.97 Å². The highest BCUT2D eigenvalue weighted by Crippen LogP contribution is 2.23. The Hall–Kier alpha value is -1.62. The van der Waals surface area contributed by atoms with E-state index in [0.717, 1.165) is 25.9 Å². The lowest BCUT2D eigenvalue weighted by Gasteiger charge is -2.27. The largest absolute Gasteiger partial charge is 0.491 e. The number of carboxylic acids is 1. The van der Waals surface area contributed by atoms with Crippen molar-refractivity contribution in [1.29, 1.82) is 0 Å². The number of aromatic nitrogens is 1. The highest BCUT2D eigenvalue weighted by Gasteiger charge is 2.29. The summed E-state index contributed by atoms with van der Waals surface area (Å²) in [6, 6.07) is 3.56. The molecule has 1 unspecified atom stereocenters. The van der Waals surface area contributed by atoms with Crippen molar-refractivity contribution in [2.75, 3.05) is 19.7 Å². The molecule has 0 spiro atoms. The van der Waals surface area contributed by atoms with Crippen LogP contribution in [0.1, 0.15) is 12.8 Å². The maximum absolute atomic E-state index is 11.3. The van der Waals surface area contributed by atoms with Gasteiger partial charge < -0.3 is 15.2 Å². The molecule has 5 nitrogen and oxygen atoms in total. The van der Waals surface area contributed by atoms with Crippen molar-refractivity contribution in [3.8, 4) is 5.75 Å². The molecular weight excluding hydrogens is 232 g/mol. The van der Waals surface area contributed by atoms with Crippen LogP contribution < -0.4 is 10.1 Å². The third kappa shape index (κ3) is 3.43. The summed E-state index contributed by atoms with van der Waals surface area (Å²) in [5, 5.41) is 12.5. The van der Waals surface area contributed by atoms with E-state index in [1.54, 1.807) is 24.5 Å². The zero-order valence-corrected chi connectivity index (χ0v) is 10.2. The van der Waals surface area contributed by atoms with Crippen LogP contribution in [0.3, 0.4) is 0 Å². The maximum atomic E-state index is 11.3. The van der Waals surface area contributed by atoms with Gasteiger partial charge in [-0.2, -0.15) is 0 Å². The third-order valence-electron chi connectivity index (χ3n) is 3.33. The Bertz CT molecular complexity index is 377. The van der Waals surface area contributed by atoms with Crippen molar-refractivity contribution in [3.05, 3.63) is 24.5 Å². The molecule has 18 heavy (non-hydrogen) atoms. The van der Waals surface area contributed by atoms with Gasteiger partial charge in [0.25, 0.3) is 0 Å². The number of rotatable bonds is 5. The highest BCUT2D eigenvalue weighted by atomic mass is 16.5. The maximum Gasteiger partial charge on any atom is 0.310 e. The summed E-state index contributed by atoms with van der Waals surface area (Å²) < 4.78 is 5.52. The molecule has 2 N–H and O–H groups in total. The fourth-order valence-electron chi connectivity index (χ4n) is 2.27. The number of carbonyl (C=O) groups is 1. The fraction of sp³-hybridized carbons (Fsp3) is 0.538. The van der Waals surface area contributed by atoms with Crippen LogP contribution in [-0.2, 0) is 4.79 Å². The molecule has 0 aliphatic carbocycles. The molecular formula is C13H18N2O3. The topological polar surface area (TPSA) is 71.5 Å². The van der Waals surface area contributed by atoms with E-state index in [2.05, 4.69) is 10.3 Å². The van der Waals surface area contributed by atoms with Crippen molar-refractivity contribution < 1.29 is 14.6 Å². The van der Waals surface area contributed by atoms with Crippen LogP contribution in [0.15, 0.2) is 24.5 Å². The summed E-state index contributed by atoms with van der Waals surface area (Å²) in [5.74, 6) is -0.392. The summed E-state index contributed by atoms with van der Waals surface area (Å²) >= 11 is 0. The van der Waals surface area contributed by atoms with Gasteiger partial charge in [-0.3, -0.25) is 9.78 Å². The van der Waals surface area contributed by atoms with Gasteiger partial charge in [-0.25, -0.2) is 0 Å². The van der Waals surface area contributed by atoms with E-state index in [9.17, 15) is 9.90 Å². The summed E-state index contributed by atoms with van der Waals surface area (Å²) in [6.07, 6.45) is 5.05. The van der Waals surface area contributed by atoms with Crippen molar-refractivity contribution in [3.63, 3.8) is 0 Å².